The Labute approximate surface area is 92.4 Å². The predicted octanol–water partition coefficient (Wildman–Crippen LogP) is 1.84. The Morgan fingerprint density at radius 1 is 1.27 bits per heavy atom. The molecule has 15 heavy (non-hydrogen) atoms. The van der Waals surface area contributed by atoms with Crippen molar-refractivity contribution in [2.24, 2.45) is 0 Å². The van der Waals surface area contributed by atoms with E-state index in [0.717, 1.165) is 11.8 Å². The molecule has 1 aliphatic heterocycles. The normalized spacial score (nSPS) is 22.3. The van der Waals surface area contributed by atoms with Crippen molar-refractivity contribution in [3.05, 3.63) is 0 Å². The maximum Gasteiger partial charge on any atom is 0.461 e. The van der Waals surface area contributed by atoms with Crippen LogP contribution in [0.2, 0.25) is 0 Å². The second-order valence-corrected chi connectivity index (χ2v) is 3.74. The summed E-state index contributed by atoms with van der Waals surface area (Å²) in [5.41, 5.74) is 0. The quantitative estimate of drug-likeness (QED) is 0.777. The molecule has 9 heteroatoms. The summed E-state index contributed by atoms with van der Waals surface area (Å²) >= 11 is 1.10. The van der Waals surface area contributed by atoms with E-state index in [9.17, 15) is 26.7 Å². The minimum Gasteiger partial charge on any atom is -0.297 e. The average molecular weight is 272 g/mol. The summed E-state index contributed by atoms with van der Waals surface area (Å²) in [7, 11) is 0. The molecular formula is C6H7ClF5NOS. The topological polar surface area (TPSA) is 29.1 Å². The van der Waals surface area contributed by atoms with Gasteiger partial charge >= 0.3 is 12.1 Å². The number of halogens is 6. The minimum atomic E-state index is -5.81. The molecule has 0 aromatic heterocycles. The van der Waals surface area contributed by atoms with Crippen LogP contribution in [0, 0.1) is 0 Å². The summed E-state index contributed by atoms with van der Waals surface area (Å²) in [5.74, 6) is -7.19. The van der Waals surface area contributed by atoms with E-state index >= 15 is 0 Å². The Morgan fingerprint density at radius 2 is 1.80 bits per heavy atom. The number of carbonyl (C=O) groups is 1. The Balaban J connectivity index is 0.00000196. The molecule has 1 saturated heterocycles. The Bertz CT molecular complexity index is 240. The largest absolute Gasteiger partial charge is 0.461 e. The highest BCUT2D eigenvalue weighted by molar-refractivity contribution is 7.99. The van der Waals surface area contributed by atoms with Gasteiger partial charge in [-0.15, -0.1) is 24.2 Å². The second kappa shape index (κ2) is 4.84. The van der Waals surface area contributed by atoms with E-state index in [-0.39, 0.29) is 24.0 Å². The number of Topliss-reactive ketones (excluding diaryl/α,β-unsaturated/α-hetero) is 1. The minimum absolute atomic E-state index is 0. The van der Waals surface area contributed by atoms with Gasteiger partial charge in [-0.1, -0.05) is 0 Å². The molecule has 0 amide bonds. The molecule has 1 heterocycles. The molecule has 1 aliphatic rings. The van der Waals surface area contributed by atoms with Gasteiger partial charge in [0.1, 0.15) is 0 Å². The fraction of sp³-hybridized carbons (Fsp3) is 0.833. The number of nitrogens with one attached hydrogen (secondary N) is 1. The third-order valence-corrected chi connectivity index (χ3v) is 2.64. The Kier molecular flexibility index (Phi) is 4.81. The maximum atomic E-state index is 12.5. The number of carbonyl (C=O) groups excluding carboxylic acids is 1. The summed E-state index contributed by atoms with van der Waals surface area (Å²) in [6.45, 7) is 0. The van der Waals surface area contributed by atoms with Crippen LogP contribution >= 0.6 is 24.2 Å². The van der Waals surface area contributed by atoms with Crippen molar-refractivity contribution in [1.29, 1.82) is 0 Å². The van der Waals surface area contributed by atoms with Crippen molar-refractivity contribution in [2.45, 2.75) is 18.1 Å². The fourth-order valence-electron chi connectivity index (χ4n) is 0.922. The van der Waals surface area contributed by atoms with Gasteiger partial charge in [-0.2, -0.15) is 22.0 Å². The first kappa shape index (κ1) is 14.9. The molecule has 1 fully saturated rings. The van der Waals surface area contributed by atoms with Crippen molar-refractivity contribution in [3.63, 3.8) is 0 Å². The number of hydrogen-bond donors (Lipinski definition) is 1. The molecule has 90 valence electrons. The van der Waals surface area contributed by atoms with E-state index < -0.39 is 23.9 Å². The van der Waals surface area contributed by atoms with Gasteiger partial charge in [0.25, 0.3) is 0 Å². The number of hydrogen-bond acceptors (Lipinski definition) is 3. The summed E-state index contributed by atoms with van der Waals surface area (Å²) < 4.78 is 60.1. The Morgan fingerprint density at radius 3 is 2.13 bits per heavy atom. The highest BCUT2D eigenvalue weighted by Crippen LogP contribution is 2.37. The second-order valence-electron chi connectivity index (χ2n) is 2.71. The molecular weight excluding hydrogens is 265 g/mol. The van der Waals surface area contributed by atoms with Crippen LogP contribution in [0.1, 0.15) is 0 Å². The van der Waals surface area contributed by atoms with Gasteiger partial charge in [0.15, 0.2) is 0 Å². The SMILES string of the molecule is Cl.O=C(C1CSCN1)C(F)(F)C(F)(F)F. The van der Waals surface area contributed by atoms with Gasteiger partial charge in [0.05, 0.1) is 6.04 Å². The zero-order valence-corrected chi connectivity index (χ0v) is 8.74. The maximum absolute atomic E-state index is 12.5. The number of alkyl halides is 5. The van der Waals surface area contributed by atoms with Crippen LogP contribution in [0.25, 0.3) is 0 Å². The van der Waals surface area contributed by atoms with E-state index in [1.54, 1.807) is 0 Å². The monoisotopic (exact) mass is 271 g/mol. The third-order valence-electron chi connectivity index (χ3n) is 1.70. The van der Waals surface area contributed by atoms with Gasteiger partial charge in [-0.05, 0) is 0 Å². The Hall–Kier alpha value is -0.0800. The first-order valence-corrected chi connectivity index (χ1v) is 4.72. The van der Waals surface area contributed by atoms with Crippen molar-refractivity contribution < 1.29 is 26.7 Å². The third kappa shape index (κ3) is 2.94. The van der Waals surface area contributed by atoms with Gasteiger partial charge in [-0.25, -0.2) is 0 Å². The van der Waals surface area contributed by atoms with Gasteiger partial charge in [0.2, 0.25) is 5.78 Å². The molecule has 0 spiro atoms. The molecule has 1 N–H and O–H groups in total. The lowest BCUT2D eigenvalue weighted by Crippen LogP contribution is -2.52. The number of thioether (sulfide) groups is 1. The zero-order valence-electron chi connectivity index (χ0n) is 7.11. The predicted molar refractivity (Wildman–Crippen MR) is 47.5 cm³/mol. The highest BCUT2D eigenvalue weighted by atomic mass is 35.5. The van der Waals surface area contributed by atoms with E-state index in [2.05, 4.69) is 5.32 Å². The number of rotatable bonds is 2. The first-order valence-electron chi connectivity index (χ1n) is 3.57. The molecule has 0 bridgehead atoms. The van der Waals surface area contributed by atoms with Crippen LogP contribution in [0.5, 0.6) is 0 Å². The lowest BCUT2D eigenvalue weighted by molar-refractivity contribution is -0.269. The summed E-state index contributed by atoms with van der Waals surface area (Å²) in [4.78, 5) is 10.8. The van der Waals surface area contributed by atoms with Crippen molar-refractivity contribution >= 4 is 30.0 Å². The highest BCUT2D eigenvalue weighted by Gasteiger charge is 2.64. The number of ketones is 1. The van der Waals surface area contributed by atoms with Crippen LogP contribution in [-0.2, 0) is 4.79 Å². The molecule has 1 atom stereocenters. The molecule has 1 rings (SSSR count). The first-order chi connectivity index (χ1) is 6.27. The van der Waals surface area contributed by atoms with Crippen LogP contribution in [0.15, 0.2) is 0 Å². The summed E-state index contributed by atoms with van der Waals surface area (Å²) in [6, 6.07) is -1.41. The smallest absolute Gasteiger partial charge is 0.297 e. The molecule has 2 nitrogen and oxygen atoms in total. The van der Waals surface area contributed by atoms with Crippen molar-refractivity contribution in [2.75, 3.05) is 11.6 Å². The van der Waals surface area contributed by atoms with Crippen molar-refractivity contribution in [3.8, 4) is 0 Å². The molecule has 0 aliphatic carbocycles. The fourth-order valence-corrected chi connectivity index (χ4v) is 1.86. The van der Waals surface area contributed by atoms with E-state index in [1.165, 1.54) is 0 Å². The molecule has 0 saturated carbocycles. The molecule has 1 unspecified atom stereocenters. The van der Waals surface area contributed by atoms with Crippen LogP contribution in [-0.4, -0.2) is 35.6 Å². The summed E-state index contributed by atoms with van der Waals surface area (Å²) in [5, 5.41) is 2.27. The zero-order chi connectivity index (χ0) is 11.0. The standard InChI is InChI=1S/C6H6F5NOS.ClH/c7-5(8,6(9,10)11)4(13)3-1-14-2-12-3;/h3,12H,1-2H2;1H. The molecule has 0 radical (unpaired) electrons. The molecule has 0 aromatic rings. The van der Waals surface area contributed by atoms with Gasteiger partial charge < -0.3 is 0 Å². The molecule has 0 aromatic carbocycles. The average Bonchev–Trinajstić information content (AvgIpc) is 2.52. The van der Waals surface area contributed by atoms with E-state index in [0.29, 0.717) is 0 Å². The summed E-state index contributed by atoms with van der Waals surface area (Å²) in [6.07, 6.45) is -5.81. The lowest BCUT2D eigenvalue weighted by Gasteiger charge is -2.20. The van der Waals surface area contributed by atoms with E-state index in [1.807, 2.05) is 0 Å². The van der Waals surface area contributed by atoms with Gasteiger partial charge in [0, 0.05) is 11.6 Å². The van der Waals surface area contributed by atoms with Crippen molar-refractivity contribution in [1.82, 2.24) is 5.32 Å². The van der Waals surface area contributed by atoms with Crippen LogP contribution < -0.4 is 5.32 Å². The van der Waals surface area contributed by atoms with E-state index in [4.69, 9.17) is 0 Å². The lowest BCUT2D eigenvalue weighted by atomic mass is 10.1. The van der Waals surface area contributed by atoms with Crippen LogP contribution in [0.3, 0.4) is 0 Å². The van der Waals surface area contributed by atoms with Crippen LogP contribution in [0.4, 0.5) is 22.0 Å². The van der Waals surface area contributed by atoms with Gasteiger partial charge in [-0.3, -0.25) is 10.1 Å².